The average Bonchev–Trinajstić information content (AvgIpc) is 2.04. The molecule has 0 aliphatic carbocycles. The van der Waals surface area contributed by atoms with Crippen LogP contribution in [0.1, 0.15) is 0 Å². The lowest BCUT2D eigenvalue weighted by Crippen LogP contribution is -2.50. The monoisotopic (exact) mass is 181 g/mol. The third kappa shape index (κ3) is 1.53. The second kappa shape index (κ2) is 3.14. The standard InChI is InChI=1S/C9H11NO3/c11-7-2-1-3-8(9(7)12)13-6-4-10-5-6/h1-3,6,10-12H,4-5H2. The molecule has 0 radical (unpaired) electrons. The molecule has 0 saturated carbocycles. The first kappa shape index (κ1) is 8.19. The molecule has 1 aliphatic rings. The Morgan fingerprint density at radius 3 is 2.69 bits per heavy atom. The fraction of sp³-hybridized carbons (Fsp3) is 0.333. The Morgan fingerprint density at radius 1 is 1.31 bits per heavy atom. The normalized spacial score (nSPS) is 16.6. The van der Waals surface area contributed by atoms with Crippen molar-refractivity contribution in [3.8, 4) is 17.2 Å². The first-order valence-corrected chi connectivity index (χ1v) is 4.15. The highest BCUT2D eigenvalue weighted by molar-refractivity contribution is 5.49. The number of phenolic OH excluding ortho intramolecular Hbond substituents is 2. The van der Waals surface area contributed by atoms with Crippen LogP contribution in [0.2, 0.25) is 0 Å². The quantitative estimate of drug-likeness (QED) is 0.580. The molecule has 0 amide bonds. The number of hydrogen-bond acceptors (Lipinski definition) is 4. The molecule has 1 fully saturated rings. The van der Waals surface area contributed by atoms with Gasteiger partial charge in [0.15, 0.2) is 11.5 Å². The van der Waals surface area contributed by atoms with E-state index in [2.05, 4.69) is 5.32 Å². The summed E-state index contributed by atoms with van der Waals surface area (Å²) in [5.41, 5.74) is 0. The molecule has 70 valence electrons. The predicted octanol–water partition coefficient (Wildman–Crippen LogP) is 0.448. The fourth-order valence-corrected chi connectivity index (χ4v) is 1.13. The molecule has 1 aromatic carbocycles. The Balaban J connectivity index is 2.14. The van der Waals surface area contributed by atoms with Crippen LogP contribution in [0.5, 0.6) is 17.2 Å². The van der Waals surface area contributed by atoms with E-state index < -0.39 is 0 Å². The molecule has 0 aromatic heterocycles. The number of ether oxygens (including phenoxy) is 1. The van der Waals surface area contributed by atoms with Crippen molar-refractivity contribution < 1.29 is 14.9 Å². The van der Waals surface area contributed by atoms with E-state index in [9.17, 15) is 5.11 Å². The van der Waals surface area contributed by atoms with Crippen LogP contribution >= 0.6 is 0 Å². The van der Waals surface area contributed by atoms with E-state index in [1.54, 1.807) is 12.1 Å². The van der Waals surface area contributed by atoms with E-state index in [4.69, 9.17) is 9.84 Å². The molecule has 13 heavy (non-hydrogen) atoms. The maximum atomic E-state index is 9.37. The number of nitrogens with one attached hydrogen (secondary N) is 1. The molecule has 4 nitrogen and oxygen atoms in total. The van der Waals surface area contributed by atoms with E-state index in [0.717, 1.165) is 13.1 Å². The molecule has 1 saturated heterocycles. The largest absolute Gasteiger partial charge is 0.504 e. The zero-order valence-electron chi connectivity index (χ0n) is 7.03. The Kier molecular flexibility index (Phi) is 1.98. The maximum Gasteiger partial charge on any atom is 0.200 e. The van der Waals surface area contributed by atoms with Gasteiger partial charge in [0.05, 0.1) is 0 Å². The number of benzene rings is 1. The van der Waals surface area contributed by atoms with Gasteiger partial charge >= 0.3 is 0 Å². The van der Waals surface area contributed by atoms with Crippen LogP contribution in [0, 0.1) is 0 Å². The SMILES string of the molecule is Oc1cccc(OC2CNC2)c1O. The van der Waals surface area contributed by atoms with E-state index in [1.165, 1.54) is 6.07 Å². The van der Waals surface area contributed by atoms with Gasteiger partial charge < -0.3 is 20.3 Å². The molecule has 0 bridgehead atoms. The highest BCUT2D eigenvalue weighted by atomic mass is 16.5. The van der Waals surface area contributed by atoms with Gasteiger partial charge in [0, 0.05) is 13.1 Å². The lowest BCUT2D eigenvalue weighted by atomic mass is 10.2. The second-order valence-corrected chi connectivity index (χ2v) is 3.02. The summed E-state index contributed by atoms with van der Waals surface area (Å²) in [5, 5.41) is 21.6. The van der Waals surface area contributed by atoms with Gasteiger partial charge in [-0.25, -0.2) is 0 Å². The lowest BCUT2D eigenvalue weighted by molar-refractivity contribution is 0.137. The summed E-state index contributed by atoms with van der Waals surface area (Å²) in [6.45, 7) is 1.57. The summed E-state index contributed by atoms with van der Waals surface area (Å²) < 4.78 is 5.39. The van der Waals surface area contributed by atoms with Gasteiger partial charge in [-0.05, 0) is 12.1 Å². The van der Waals surface area contributed by atoms with Gasteiger partial charge in [-0.2, -0.15) is 0 Å². The molecule has 3 N–H and O–H groups in total. The fourth-order valence-electron chi connectivity index (χ4n) is 1.13. The summed E-state index contributed by atoms with van der Waals surface area (Å²) in [7, 11) is 0. The molecule has 0 atom stereocenters. The van der Waals surface area contributed by atoms with Gasteiger partial charge in [-0.15, -0.1) is 0 Å². The maximum absolute atomic E-state index is 9.37. The van der Waals surface area contributed by atoms with Crippen LogP contribution in [0.15, 0.2) is 18.2 Å². The molecular formula is C9H11NO3. The third-order valence-corrected chi connectivity index (χ3v) is 2.02. The van der Waals surface area contributed by atoms with Gasteiger partial charge in [-0.3, -0.25) is 0 Å². The smallest absolute Gasteiger partial charge is 0.200 e. The minimum Gasteiger partial charge on any atom is -0.504 e. The van der Waals surface area contributed by atoms with Gasteiger partial charge in [0.2, 0.25) is 5.75 Å². The first-order chi connectivity index (χ1) is 6.27. The molecule has 0 unspecified atom stereocenters. The van der Waals surface area contributed by atoms with Crippen molar-refractivity contribution in [3.63, 3.8) is 0 Å². The second-order valence-electron chi connectivity index (χ2n) is 3.02. The number of aromatic hydroxyl groups is 2. The van der Waals surface area contributed by atoms with E-state index in [-0.39, 0.29) is 17.6 Å². The van der Waals surface area contributed by atoms with Crippen molar-refractivity contribution >= 4 is 0 Å². The zero-order chi connectivity index (χ0) is 9.26. The first-order valence-electron chi connectivity index (χ1n) is 4.15. The summed E-state index contributed by atoms with van der Waals surface area (Å²) in [5.74, 6) is 0.00526. The molecule has 1 heterocycles. The molecule has 0 spiro atoms. The lowest BCUT2D eigenvalue weighted by Gasteiger charge is -2.28. The minimum atomic E-state index is -0.186. The van der Waals surface area contributed by atoms with Gasteiger partial charge in [0.1, 0.15) is 6.10 Å². The van der Waals surface area contributed by atoms with Crippen molar-refractivity contribution in [1.29, 1.82) is 0 Å². The van der Waals surface area contributed by atoms with Crippen molar-refractivity contribution in [2.75, 3.05) is 13.1 Å². The minimum absolute atomic E-state index is 0.104. The van der Waals surface area contributed by atoms with Crippen LogP contribution in [-0.4, -0.2) is 29.4 Å². The van der Waals surface area contributed by atoms with Crippen molar-refractivity contribution in [3.05, 3.63) is 18.2 Å². The van der Waals surface area contributed by atoms with Crippen LogP contribution in [0.25, 0.3) is 0 Å². The van der Waals surface area contributed by atoms with Gasteiger partial charge in [-0.1, -0.05) is 6.07 Å². The zero-order valence-corrected chi connectivity index (χ0v) is 7.03. The number of para-hydroxylation sites is 1. The topological polar surface area (TPSA) is 61.7 Å². The molecular weight excluding hydrogens is 170 g/mol. The Bertz CT molecular complexity index is 310. The van der Waals surface area contributed by atoms with Crippen LogP contribution < -0.4 is 10.1 Å². The predicted molar refractivity (Wildman–Crippen MR) is 47.1 cm³/mol. The summed E-state index contributed by atoms with van der Waals surface area (Å²) in [6.07, 6.45) is 0.104. The number of rotatable bonds is 2. The summed E-state index contributed by atoms with van der Waals surface area (Å²) in [6, 6.07) is 4.69. The highest BCUT2D eigenvalue weighted by Crippen LogP contribution is 2.35. The van der Waals surface area contributed by atoms with Crippen LogP contribution in [0.4, 0.5) is 0 Å². The number of hydrogen-bond donors (Lipinski definition) is 3. The van der Waals surface area contributed by atoms with Crippen LogP contribution in [0.3, 0.4) is 0 Å². The van der Waals surface area contributed by atoms with E-state index >= 15 is 0 Å². The Morgan fingerprint density at radius 2 is 2.08 bits per heavy atom. The molecule has 1 aromatic rings. The summed E-state index contributed by atoms with van der Waals surface area (Å²) >= 11 is 0. The Labute approximate surface area is 75.8 Å². The molecule has 1 aliphatic heterocycles. The average molecular weight is 181 g/mol. The van der Waals surface area contributed by atoms with E-state index in [1.807, 2.05) is 0 Å². The van der Waals surface area contributed by atoms with E-state index in [0.29, 0.717) is 5.75 Å². The van der Waals surface area contributed by atoms with Crippen molar-refractivity contribution in [2.24, 2.45) is 0 Å². The highest BCUT2D eigenvalue weighted by Gasteiger charge is 2.20. The van der Waals surface area contributed by atoms with Crippen molar-refractivity contribution in [2.45, 2.75) is 6.10 Å². The number of phenols is 2. The third-order valence-electron chi connectivity index (χ3n) is 2.02. The molecule has 4 heteroatoms. The Hall–Kier alpha value is -1.42. The van der Waals surface area contributed by atoms with Crippen molar-refractivity contribution in [1.82, 2.24) is 5.32 Å². The summed E-state index contributed by atoms with van der Waals surface area (Å²) in [4.78, 5) is 0. The van der Waals surface area contributed by atoms with Crippen LogP contribution in [-0.2, 0) is 0 Å². The van der Waals surface area contributed by atoms with Gasteiger partial charge in [0.25, 0.3) is 0 Å². The molecule has 2 rings (SSSR count).